The second kappa shape index (κ2) is 10.3. The first-order valence-corrected chi connectivity index (χ1v) is 9.22. The number of allylic oxidation sites excluding steroid dienone is 3. The highest BCUT2D eigenvalue weighted by Gasteiger charge is 2.35. The highest BCUT2D eigenvalue weighted by Crippen LogP contribution is 2.11. The van der Waals surface area contributed by atoms with Crippen molar-refractivity contribution in [3.63, 3.8) is 0 Å². The number of ketones is 3. The highest BCUT2D eigenvalue weighted by molar-refractivity contribution is 6.07. The van der Waals surface area contributed by atoms with E-state index >= 15 is 0 Å². The summed E-state index contributed by atoms with van der Waals surface area (Å²) >= 11 is 0. The number of aromatic nitrogens is 3. The quantitative estimate of drug-likeness (QED) is 0.212. The van der Waals surface area contributed by atoms with Crippen LogP contribution in [0.15, 0.2) is 50.8 Å². The Morgan fingerprint density at radius 1 is 0.576 bits per heavy atom. The Hall–Kier alpha value is -4.35. The summed E-state index contributed by atoms with van der Waals surface area (Å²) in [6.45, 7) is 13.5. The number of carbonyl (C=O) groups excluding carboxylic acids is 6. The fourth-order valence-corrected chi connectivity index (χ4v) is 2.78. The third-order valence-corrected chi connectivity index (χ3v) is 4.53. The third-order valence-electron chi connectivity index (χ3n) is 4.53. The van der Waals surface area contributed by atoms with Crippen LogP contribution in [-0.2, 0) is 28.8 Å². The Balaban J connectivity index is 4.39. The van der Waals surface area contributed by atoms with Crippen LogP contribution in [0.5, 0.6) is 0 Å². The fraction of sp³-hybridized carbons (Fsp3) is 0.286. The summed E-state index contributed by atoms with van der Waals surface area (Å²) in [5, 5.41) is 0. The van der Waals surface area contributed by atoms with Crippen molar-refractivity contribution in [3.8, 4) is 0 Å². The summed E-state index contributed by atoms with van der Waals surface area (Å²) in [4.78, 5) is 111. The van der Waals surface area contributed by atoms with Crippen LogP contribution in [0.25, 0.3) is 0 Å². The largest absolute Gasteiger partial charge is 0.338 e. The van der Waals surface area contributed by atoms with Crippen molar-refractivity contribution in [2.75, 3.05) is 0 Å². The molecule has 0 aliphatic heterocycles. The number of carbonyl (C=O) groups is 6. The van der Waals surface area contributed by atoms with Crippen molar-refractivity contribution < 1.29 is 28.8 Å². The highest BCUT2D eigenvalue weighted by atomic mass is 16.2. The Morgan fingerprint density at radius 3 is 0.879 bits per heavy atom. The molecule has 12 heteroatoms. The van der Waals surface area contributed by atoms with E-state index in [9.17, 15) is 43.2 Å². The summed E-state index contributed by atoms with van der Waals surface area (Å²) in [5.74, 6) is -3.32. The van der Waals surface area contributed by atoms with Crippen molar-refractivity contribution in [2.45, 2.75) is 38.9 Å². The summed E-state index contributed by atoms with van der Waals surface area (Å²) in [5.41, 5.74) is -5.78. The van der Waals surface area contributed by atoms with Crippen LogP contribution in [0.2, 0.25) is 0 Å². The lowest BCUT2D eigenvalue weighted by Crippen LogP contribution is -2.60. The van der Waals surface area contributed by atoms with E-state index in [0.717, 1.165) is 0 Å². The molecular formula is C21H21N3O9. The lowest BCUT2D eigenvalue weighted by molar-refractivity contribution is -0.124. The standard InChI is InChI=1S/C21H21N3O9/c1-10(2)16(28)13(7-25)22-19(31)23(14(8-26)17(29)11(3)4)21(33)24(20(22)32)15(9-27)18(30)12(5)6/h7-9,13-15H,1,3,5H2,2,4,6H3. The van der Waals surface area contributed by atoms with E-state index in [1.165, 1.54) is 20.8 Å². The summed E-state index contributed by atoms with van der Waals surface area (Å²) in [7, 11) is 0. The molecular weight excluding hydrogens is 438 g/mol. The monoisotopic (exact) mass is 459 g/mol. The first-order chi connectivity index (χ1) is 15.3. The molecule has 0 amide bonds. The number of Topliss-reactive ketones (excluding diaryl/α,β-unsaturated/α-hetero) is 3. The van der Waals surface area contributed by atoms with Gasteiger partial charge < -0.3 is 14.4 Å². The second-order valence-electron chi connectivity index (χ2n) is 7.13. The summed E-state index contributed by atoms with van der Waals surface area (Å²) in [6.07, 6.45) is -0.316. The predicted molar refractivity (Wildman–Crippen MR) is 114 cm³/mol. The van der Waals surface area contributed by atoms with Crippen LogP contribution in [0.4, 0.5) is 0 Å². The molecule has 12 nitrogen and oxygen atoms in total. The lowest BCUT2D eigenvalue weighted by Gasteiger charge is -2.21. The van der Waals surface area contributed by atoms with Gasteiger partial charge in [0, 0.05) is 0 Å². The van der Waals surface area contributed by atoms with Crippen molar-refractivity contribution in [2.24, 2.45) is 0 Å². The molecule has 0 fully saturated rings. The molecule has 3 atom stereocenters. The zero-order valence-corrected chi connectivity index (χ0v) is 18.1. The molecule has 3 unspecified atom stereocenters. The van der Waals surface area contributed by atoms with Gasteiger partial charge in [-0.25, -0.2) is 28.1 Å². The SMILES string of the molecule is C=C(C)C(=O)C(C=O)n1c(=O)n(C(C=O)C(=O)C(=C)C)c(=O)n(C(C=O)C(=O)C(=C)C)c1=O. The van der Waals surface area contributed by atoms with Gasteiger partial charge in [0.2, 0.25) is 0 Å². The molecule has 0 aromatic carbocycles. The molecule has 1 heterocycles. The maximum atomic E-state index is 13.1. The second-order valence-corrected chi connectivity index (χ2v) is 7.13. The summed E-state index contributed by atoms with van der Waals surface area (Å²) < 4.78 is -0.0958. The van der Waals surface area contributed by atoms with Crippen LogP contribution in [-0.4, -0.2) is 49.9 Å². The number of nitrogens with zero attached hydrogens (tertiary/aromatic N) is 3. The topological polar surface area (TPSA) is 168 Å². The van der Waals surface area contributed by atoms with E-state index in [4.69, 9.17) is 0 Å². The number of hydrogen-bond acceptors (Lipinski definition) is 9. The van der Waals surface area contributed by atoms with E-state index in [1.54, 1.807) is 0 Å². The van der Waals surface area contributed by atoms with Crippen LogP contribution in [0.1, 0.15) is 38.9 Å². The maximum Gasteiger partial charge on any atom is 0.338 e. The maximum absolute atomic E-state index is 13.1. The van der Waals surface area contributed by atoms with Crippen LogP contribution in [0, 0.1) is 0 Å². The minimum atomic E-state index is -2.17. The Labute approximate surface area is 186 Å². The lowest BCUT2D eigenvalue weighted by atomic mass is 10.1. The Morgan fingerprint density at radius 2 is 0.758 bits per heavy atom. The average molecular weight is 459 g/mol. The first-order valence-electron chi connectivity index (χ1n) is 9.22. The van der Waals surface area contributed by atoms with Crippen LogP contribution >= 0.6 is 0 Å². The minimum Gasteiger partial charge on any atom is -0.301 e. The summed E-state index contributed by atoms with van der Waals surface area (Å²) in [6, 6.07) is -6.50. The van der Waals surface area contributed by atoms with E-state index in [2.05, 4.69) is 19.7 Å². The molecule has 1 aromatic heterocycles. The van der Waals surface area contributed by atoms with Gasteiger partial charge in [-0.2, -0.15) is 0 Å². The molecule has 0 saturated carbocycles. The van der Waals surface area contributed by atoms with Gasteiger partial charge in [-0.3, -0.25) is 14.4 Å². The molecule has 0 radical (unpaired) electrons. The average Bonchev–Trinajstić information content (AvgIpc) is 2.75. The van der Waals surface area contributed by atoms with Gasteiger partial charge in [0.15, 0.2) is 54.3 Å². The zero-order chi connectivity index (χ0) is 25.8. The van der Waals surface area contributed by atoms with Gasteiger partial charge in [0.1, 0.15) is 0 Å². The van der Waals surface area contributed by atoms with Crippen molar-refractivity contribution >= 4 is 36.2 Å². The van der Waals surface area contributed by atoms with E-state index in [-0.39, 0.29) is 49.3 Å². The van der Waals surface area contributed by atoms with Gasteiger partial charge in [-0.05, 0) is 37.5 Å². The van der Waals surface area contributed by atoms with Crippen molar-refractivity contribution in [1.82, 2.24) is 13.7 Å². The minimum absolute atomic E-state index is 0.0319. The molecule has 0 spiro atoms. The number of aldehydes is 3. The zero-order valence-electron chi connectivity index (χ0n) is 18.1. The predicted octanol–water partition coefficient (Wildman–Crippen LogP) is -1.17. The molecule has 33 heavy (non-hydrogen) atoms. The molecule has 1 aromatic rings. The van der Waals surface area contributed by atoms with Crippen LogP contribution < -0.4 is 17.1 Å². The van der Waals surface area contributed by atoms with E-state index in [0.29, 0.717) is 0 Å². The van der Waals surface area contributed by atoms with Gasteiger partial charge >= 0.3 is 17.1 Å². The van der Waals surface area contributed by atoms with Crippen molar-refractivity contribution in [1.29, 1.82) is 0 Å². The van der Waals surface area contributed by atoms with Gasteiger partial charge in [-0.1, -0.05) is 19.7 Å². The number of hydrogen-bond donors (Lipinski definition) is 0. The smallest absolute Gasteiger partial charge is 0.301 e. The van der Waals surface area contributed by atoms with Gasteiger partial charge in [0.05, 0.1) is 0 Å². The van der Waals surface area contributed by atoms with E-state index < -0.39 is 52.5 Å². The molecule has 0 saturated heterocycles. The third kappa shape index (κ3) is 4.79. The van der Waals surface area contributed by atoms with Gasteiger partial charge in [-0.15, -0.1) is 0 Å². The molecule has 174 valence electrons. The Kier molecular flexibility index (Phi) is 8.33. The molecule has 0 aliphatic carbocycles. The molecule has 0 bridgehead atoms. The fourth-order valence-electron chi connectivity index (χ4n) is 2.78. The normalized spacial score (nSPS) is 13.2. The Bertz CT molecular complexity index is 1100. The van der Waals surface area contributed by atoms with Gasteiger partial charge in [0.25, 0.3) is 0 Å². The van der Waals surface area contributed by atoms with Crippen LogP contribution in [0.3, 0.4) is 0 Å². The first kappa shape index (κ1) is 26.7. The molecule has 0 aliphatic rings. The van der Waals surface area contributed by atoms with Crippen molar-refractivity contribution in [3.05, 3.63) is 67.9 Å². The van der Waals surface area contributed by atoms with E-state index in [1.807, 2.05) is 0 Å². The number of rotatable bonds is 12. The molecule has 0 N–H and O–H groups in total. The molecule has 1 rings (SSSR count).